The minimum atomic E-state index is 1.08. The molecule has 0 saturated heterocycles. The molecule has 10 aromatic carbocycles. The summed E-state index contributed by atoms with van der Waals surface area (Å²) in [5.74, 6) is 0. The maximum absolute atomic E-state index is 2.48. The zero-order valence-corrected chi connectivity index (χ0v) is 34.7. The fourth-order valence-corrected chi connectivity index (χ4v) is 10.3. The molecule has 0 aliphatic rings. The summed E-state index contributed by atoms with van der Waals surface area (Å²) in [6, 6.07) is 78.6. The Morgan fingerprint density at radius 3 is 1.31 bits per heavy atom. The smallest absolute Gasteiger partial charge is 0.0541 e. The van der Waals surface area contributed by atoms with E-state index in [4.69, 9.17) is 0 Å². The zero-order chi connectivity index (χ0) is 41.1. The number of aryl methyl sites for hydroxylation is 1. The number of hydrogen-bond donors (Lipinski definition) is 0. The van der Waals surface area contributed by atoms with Crippen molar-refractivity contribution in [3.05, 3.63) is 218 Å². The summed E-state index contributed by atoms with van der Waals surface area (Å²) in [6.07, 6.45) is 3.44. The van der Waals surface area contributed by atoms with E-state index in [1.807, 2.05) is 0 Å². The predicted molar refractivity (Wildman–Crippen MR) is 265 cm³/mol. The van der Waals surface area contributed by atoms with Gasteiger partial charge in [0.05, 0.1) is 22.1 Å². The molecule has 0 saturated carbocycles. The lowest BCUT2D eigenvalue weighted by Crippen LogP contribution is -1.99. The number of para-hydroxylation sites is 3. The minimum Gasteiger partial charge on any atom is -0.309 e. The monoisotopic (exact) mass is 792 g/mol. The van der Waals surface area contributed by atoms with Crippen molar-refractivity contribution in [3.63, 3.8) is 0 Å². The Morgan fingerprint density at radius 2 is 0.742 bits per heavy atom. The van der Waals surface area contributed by atoms with Crippen LogP contribution in [0.15, 0.2) is 212 Å². The molecular weight excluding hydrogens is 749 g/mol. The van der Waals surface area contributed by atoms with Gasteiger partial charge in [0.25, 0.3) is 0 Å². The molecular formula is C60H44N2. The molecule has 2 nitrogen and oxygen atoms in total. The molecule has 294 valence electrons. The summed E-state index contributed by atoms with van der Waals surface area (Å²) in [4.78, 5) is 0. The van der Waals surface area contributed by atoms with Crippen molar-refractivity contribution in [2.24, 2.45) is 0 Å². The van der Waals surface area contributed by atoms with E-state index in [0.717, 1.165) is 12.1 Å². The van der Waals surface area contributed by atoms with Crippen LogP contribution in [0.25, 0.3) is 110 Å². The molecule has 0 fully saturated rings. The van der Waals surface area contributed by atoms with E-state index in [9.17, 15) is 0 Å². The standard InChI is InChI=1S/C60H44N2/c1-2-3-17-40-18-7-14-27-54(40)62-56-29-16-13-22-47(56)53-39-44(33-37-58(53)62)43-32-36-57-52(38-43)46-21-12-15-28-55(46)61(57)45-34-30-42(31-35-45)60-50-25-10-8-23-48(50)59(41-19-5-4-6-20-41)49-24-9-11-26-51(49)60/h4-16,18-39H,2-3,17H2,1H3. The summed E-state index contributed by atoms with van der Waals surface area (Å²) >= 11 is 0. The van der Waals surface area contributed by atoms with E-state index < -0.39 is 0 Å². The molecule has 0 amide bonds. The van der Waals surface area contributed by atoms with Crippen molar-refractivity contribution in [1.29, 1.82) is 0 Å². The molecule has 62 heavy (non-hydrogen) atoms. The lowest BCUT2D eigenvalue weighted by atomic mass is 9.86. The number of benzene rings is 10. The van der Waals surface area contributed by atoms with Gasteiger partial charge in [0, 0.05) is 32.9 Å². The Hall–Kier alpha value is -7.68. The molecule has 0 unspecified atom stereocenters. The molecule has 0 aliphatic carbocycles. The van der Waals surface area contributed by atoms with Gasteiger partial charge in [-0.1, -0.05) is 171 Å². The highest BCUT2D eigenvalue weighted by atomic mass is 15.0. The van der Waals surface area contributed by atoms with Gasteiger partial charge >= 0.3 is 0 Å². The summed E-state index contributed by atoms with van der Waals surface area (Å²) in [5, 5.41) is 10.1. The molecule has 2 aromatic heterocycles. The second-order valence-corrected chi connectivity index (χ2v) is 16.7. The first-order valence-electron chi connectivity index (χ1n) is 22.0. The van der Waals surface area contributed by atoms with Crippen LogP contribution in [-0.2, 0) is 6.42 Å². The molecule has 0 atom stereocenters. The van der Waals surface area contributed by atoms with E-state index in [1.165, 1.54) is 123 Å². The van der Waals surface area contributed by atoms with Crippen LogP contribution >= 0.6 is 0 Å². The molecule has 0 spiro atoms. The first kappa shape index (κ1) is 36.2. The minimum absolute atomic E-state index is 1.08. The molecule has 2 heterocycles. The van der Waals surface area contributed by atoms with Crippen molar-refractivity contribution in [2.75, 3.05) is 0 Å². The quantitative estimate of drug-likeness (QED) is 0.136. The van der Waals surface area contributed by atoms with Crippen LogP contribution in [0.5, 0.6) is 0 Å². The second kappa shape index (κ2) is 14.8. The Bertz CT molecular complexity index is 3600. The average molecular weight is 793 g/mol. The van der Waals surface area contributed by atoms with Gasteiger partial charge in [-0.25, -0.2) is 0 Å². The van der Waals surface area contributed by atoms with Crippen LogP contribution in [0, 0.1) is 0 Å². The van der Waals surface area contributed by atoms with Crippen LogP contribution in [0.2, 0.25) is 0 Å². The van der Waals surface area contributed by atoms with Crippen molar-refractivity contribution in [1.82, 2.24) is 9.13 Å². The third-order valence-corrected chi connectivity index (χ3v) is 13.1. The van der Waals surface area contributed by atoms with Crippen LogP contribution in [0.3, 0.4) is 0 Å². The first-order chi connectivity index (χ1) is 30.7. The third kappa shape index (κ3) is 5.71. The van der Waals surface area contributed by atoms with E-state index in [2.05, 4.69) is 228 Å². The number of unbranched alkanes of at least 4 members (excludes halogenated alkanes) is 1. The Balaban J connectivity index is 0.976. The van der Waals surface area contributed by atoms with Crippen molar-refractivity contribution < 1.29 is 0 Å². The molecule has 2 heteroatoms. The summed E-state index contributed by atoms with van der Waals surface area (Å²) in [6.45, 7) is 2.27. The van der Waals surface area contributed by atoms with Crippen LogP contribution < -0.4 is 0 Å². The maximum Gasteiger partial charge on any atom is 0.0541 e. The SMILES string of the molecule is CCCCc1ccccc1-n1c2ccccc2c2cc(-c3ccc4c(c3)c3ccccc3n4-c3ccc(-c4c5ccccc5c(-c5ccccc5)c5ccccc45)cc3)ccc21. The van der Waals surface area contributed by atoms with Gasteiger partial charge in [-0.05, 0) is 128 Å². The van der Waals surface area contributed by atoms with Gasteiger partial charge in [0.2, 0.25) is 0 Å². The van der Waals surface area contributed by atoms with E-state index in [-0.39, 0.29) is 0 Å². The molecule has 0 bridgehead atoms. The van der Waals surface area contributed by atoms with Crippen LogP contribution in [0.4, 0.5) is 0 Å². The normalized spacial score (nSPS) is 11.8. The van der Waals surface area contributed by atoms with E-state index in [1.54, 1.807) is 0 Å². The van der Waals surface area contributed by atoms with Gasteiger partial charge in [-0.15, -0.1) is 0 Å². The fraction of sp³-hybridized carbons (Fsp3) is 0.0667. The molecule has 12 aromatic rings. The highest BCUT2D eigenvalue weighted by Gasteiger charge is 2.19. The first-order valence-corrected chi connectivity index (χ1v) is 22.0. The van der Waals surface area contributed by atoms with E-state index in [0.29, 0.717) is 0 Å². The maximum atomic E-state index is 2.48. The third-order valence-electron chi connectivity index (χ3n) is 13.1. The number of hydrogen-bond acceptors (Lipinski definition) is 0. The molecule has 0 aliphatic heterocycles. The van der Waals surface area contributed by atoms with Gasteiger partial charge in [0.15, 0.2) is 0 Å². The highest BCUT2D eigenvalue weighted by molar-refractivity contribution is 6.21. The molecule has 0 N–H and O–H groups in total. The van der Waals surface area contributed by atoms with Crippen molar-refractivity contribution in [2.45, 2.75) is 26.2 Å². The van der Waals surface area contributed by atoms with Gasteiger partial charge in [-0.3, -0.25) is 0 Å². The summed E-state index contributed by atoms with van der Waals surface area (Å²) in [7, 11) is 0. The fourth-order valence-electron chi connectivity index (χ4n) is 10.3. The zero-order valence-electron chi connectivity index (χ0n) is 34.7. The topological polar surface area (TPSA) is 9.86 Å². The van der Waals surface area contributed by atoms with Crippen molar-refractivity contribution >= 4 is 65.2 Å². The highest BCUT2D eigenvalue weighted by Crippen LogP contribution is 2.44. The van der Waals surface area contributed by atoms with Gasteiger partial charge in [0.1, 0.15) is 0 Å². The van der Waals surface area contributed by atoms with Gasteiger partial charge in [-0.2, -0.15) is 0 Å². The number of nitrogens with zero attached hydrogens (tertiary/aromatic N) is 2. The Kier molecular flexibility index (Phi) is 8.64. The van der Waals surface area contributed by atoms with Crippen molar-refractivity contribution in [3.8, 4) is 44.8 Å². The lowest BCUT2D eigenvalue weighted by Gasteiger charge is -2.18. The lowest BCUT2D eigenvalue weighted by molar-refractivity contribution is 0.791. The van der Waals surface area contributed by atoms with Gasteiger partial charge < -0.3 is 9.13 Å². The van der Waals surface area contributed by atoms with E-state index >= 15 is 0 Å². The van der Waals surface area contributed by atoms with Crippen LogP contribution in [0.1, 0.15) is 25.3 Å². The average Bonchev–Trinajstić information content (AvgIpc) is 3.85. The predicted octanol–water partition coefficient (Wildman–Crippen LogP) is 16.5. The number of rotatable bonds is 8. The van der Waals surface area contributed by atoms with Crippen LogP contribution in [-0.4, -0.2) is 9.13 Å². The summed E-state index contributed by atoms with van der Waals surface area (Å²) < 4.78 is 4.91. The number of aromatic nitrogens is 2. The second-order valence-electron chi connectivity index (χ2n) is 16.7. The largest absolute Gasteiger partial charge is 0.309 e. The Morgan fingerprint density at radius 1 is 0.323 bits per heavy atom. The number of fused-ring (bicyclic) bond motifs is 8. The summed E-state index contributed by atoms with van der Waals surface area (Å²) in [5.41, 5.74) is 16.2. The Labute approximate surface area is 361 Å². The molecule has 0 radical (unpaired) electrons. The molecule has 12 rings (SSSR count).